The molecule has 3 rings (SSSR count). The minimum atomic E-state index is -1.18. The summed E-state index contributed by atoms with van der Waals surface area (Å²) >= 11 is 0. The molecule has 1 atom stereocenters. The third-order valence-corrected chi connectivity index (χ3v) is 5.19. The van der Waals surface area contributed by atoms with Crippen molar-refractivity contribution in [2.75, 3.05) is 26.7 Å². The maximum absolute atomic E-state index is 12.9. The lowest BCUT2D eigenvalue weighted by Crippen LogP contribution is -2.44. The molecule has 2 aliphatic heterocycles. The van der Waals surface area contributed by atoms with E-state index in [0.717, 1.165) is 30.6 Å². The van der Waals surface area contributed by atoms with Gasteiger partial charge in [0.25, 0.3) is 5.91 Å². The van der Waals surface area contributed by atoms with E-state index < -0.39 is 17.5 Å². The number of rotatable bonds is 4. The number of hydrogen-bond donors (Lipinski definition) is 1. The molecule has 2 aliphatic rings. The Morgan fingerprint density at radius 3 is 2.31 bits per heavy atom. The fourth-order valence-corrected chi connectivity index (χ4v) is 3.52. The van der Waals surface area contributed by atoms with Crippen molar-refractivity contribution in [3.63, 3.8) is 0 Å². The topological polar surface area (TPSA) is 79.0 Å². The van der Waals surface area contributed by atoms with Crippen molar-refractivity contribution in [3.05, 3.63) is 29.8 Å². The molecule has 0 radical (unpaired) electrons. The number of nitrogens with one attached hydrogen (secondary N) is 1. The first-order valence-electron chi connectivity index (χ1n) is 9.02. The van der Waals surface area contributed by atoms with Crippen LogP contribution in [0.1, 0.15) is 38.2 Å². The number of urea groups is 1. The molecule has 2 heterocycles. The molecular weight excluding hydrogens is 334 g/mol. The summed E-state index contributed by atoms with van der Waals surface area (Å²) < 4.78 is 5.13. The van der Waals surface area contributed by atoms with Gasteiger partial charge in [0.05, 0.1) is 7.11 Å². The lowest BCUT2D eigenvalue weighted by atomic mass is 9.92. The van der Waals surface area contributed by atoms with Gasteiger partial charge in [-0.3, -0.25) is 14.5 Å². The van der Waals surface area contributed by atoms with E-state index in [-0.39, 0.29) is 12.5 Å². The molecule has 2 fully saturated rings. The highest BCUT2D eigenvalue weighted by atomic mass is 16.5. The van der Waals surface area contributed by atoms with Gasteiger partial charge in [0.1, 0.15) is 17.8 Å². The predicted octanol–water partition coefficient (Wildman–Crippen LogP) is 1.86. The zero-order valence-electron chi connectivity index (χ0n) is 15.3. The van der Waals surface area contributed by atoms with Crippen molar-refractivity contribution in [3.8, 4) is 5.75 Å². The van der Waals surface area contributed by atoms with Gasteiger partial charge in [-0.1, -0.05) is 25.0 Å². The molecule has 0 saturated carbocycles. The van der Waals surface area contributed by atoms with Crippen molar-refractivity contribution in [1.29, 1.82) is 0 Å². The number of methoxy groups -OCH3 is 1. The van der Waals surface area contributed by atoms with E-state index in [1.54, 1.807) is 43.2 Å². The summed E-state index contributed by atoms with van der Waals surface area (Å²) in [4.78, 5) is 40.7. The number of likely N-dealkylation sites (tertiary alicyclic amines) is 1. The number of nitrogens with zero attached hydrogens (tertiary/aromatic N) is 2. The van der Waals surface area contributed by atoms with Gasteiger partial charge in [-0.15, -0.1) is 0 Å². The van der Waals surface area contributed by atoms with Crippen molar-refractivity contribution >= 4 is 17.8 Å². The van der Waals surface area contributed by atoms with Crippen LogP contribution in [-0.2, 0) is 15.1 Å². The molecule has 1 unspecified atom stereocenters. The van der Waals surface area contributed by atoms with Crippen LogP contribution in [0.5, 0.6) is 5.75 Å². The molecule has 0 aromatic heterocycles. The number of hydrogen-bond acceptors (Lipinski definition) is 4. The van der Waals surface area contributed by atoms with Gasteiger partial charge in [0.2, 0.25) is 5.91 Å². The molecule has 0 aliphatic carbocycles. The van der Waals surface area contributed by atoms with Crippen molar-refractivity contribution in [2.45, 2.75) is 38.1 Å². The van der Waals surface area contributed by atoms with Gasteiger partial charge in [0, 0.05) is 13.1 Å². The highest BCUT2D eigenvalue weighted by Crippen LogP contribution is 2.30. The minimum Gasteiger partial charge on any atom is -0.497 e. The molecule has 1 N–H and O–H groups in total. The molecular formula is C19H25N3O4. The Kier molecular flexibility index (Phi) is 5.15. The van der Waals surface area contributed by atoms with E-state index >= 15 is 0 Å². The first kappa shape index (κ1) is 18.2. The van der Waals surface area contributed by atoms with Gasteiger partial charge in [-0.05, 0) is 37.5 Å². The summed E-state index contributed by atoms with van der Waals surface area (Å²) in [7, 11) is 1.56. The number of carbonyl (C=O) groups is 3. The molecule has 26 heavy (non-hydrogen) atoms. The summed E-state index contributed by atoms with van der Waals surface area (Å²) in [6, 6.07) is 6.45. The Bertz CT molecular complexity index is 695. The SMILES string of the molecule is COc1ccc(C2(C)NC(=O)N(CC(=O)N3CCCCCC3)C2=O)cc1. The second-order valence-electron chi connectivity index (χ2n) is 6.97. The Hall–Kier alpha value is -2.57. The maximum Gasteiger partial charge on any atom is 0.325 e. The van der Waals surface area contributed by atoms with E-state index in [0.29, 0.717) is 24.4 Å². The van der Waals surface area contributed by atoms with E-state index in [2.05, 4.69) is 5.32 Å². The molecule has 1 aromatic rings. The van der Waals surface area contributed by atoms with E-state index in [9.17, 15) is 14.4 Å². The molecule has 4 amide bonds. The fourth-order valence-electron chi connectivity index (χ4n) is 3.52. The van der Waals surface area contributed by atoms with Crippen LogP contribution in [0.3, 0.4) is 0 Å². The summed E-state index contributed by atoms with van der Waals surface area (Å²) in [5.41, 5.74) is -0.524. The zero-order chi connectivity index (χ0) is 18.7. The highest BCUT2D eigenvalue weighted by Gasteiger charge is 2.49. The lowest BCUT2D eigenvalue weighted by molar-refractivity contribution is -0.138. The quantitative estimate of drug-likeness (QED) is 0.833. The highest BCUT2D eigenvalue weighted by molar-refractivity contribution is 6.09. The van der Waals surface area contributed by atoms with Gasteiger partial charge in [-0.2, -0.15) is 0 Å². The number of imide groups is 1. The van der Waals surface area contributed by atoms with Gasteiger partial charge >= 0.3 is 6.03 Å². The van der Waals surface area contributed by atoms with E-state index in [1.165, 1.54) is 0 Å². The molecule has 1 aromatic carbocycles. The van der Waals surface area contributed by atoms with Crippen molar-refractivity contribution in [1.82, 2.24) is 15.1 Å². The van der Waals surface area contributed by atoms with Crippen LogP contribution in [0.15, 0.2) is 24.3 Å². The van der Waals surface area contributed by atoms with Gasteiger partial charge < -0.3 is 15.0 Å². The molecule has 0 bridgehead atoms. The molecule has 140 valence electrons. The van der Waals surface area contributed by atoms with Crippen LogP contribution in [-0.4, -0.2) is 54.4 Å². The van der Waals surface area contributed by atoms with Gasteiger partial charge in [-0.25, -0.2) is 4.79 Å². The third kappa shape index (κ3) is 3.38. The van der Waals surface area contributed by atoms with Crippen LogP contribution in [0.2, 0.25) is 0 Å². The van der Waals surface area contributed by atoms with Crippen LogP contribution >= 0.6 is 0 Å². The van der Waals surface area contributed by atoms with Crippen LogP contribution in [0.25, 0.3) is 0 Å². The largest absolute Gasteiger partial charge is 0.497 e. The van der Waals surface area contributed by atoms with E-state index in [4.69, 9.17) is 4.74 Å². The lowest BCUT2D eigenvalue weighted by Gasteiger charge is -2.24. The summed E-state index contributed by atoms with van der Waals surface area (Å²) in [5, 5.41) is 2.73. The number of amides is 4. The summed E-state index contributed by atoms with van der Waals surface area (Å²) in [6.07, 6.45) is 4.16. The molecule has 7 nitrogen and oxygen atoms in total. The summed E-state index contributed by atoms with van der Waals surface area (Å²) in [5.74, 6) is 0.0903. The average Bonchev–Trinajstić information content (AvgIpc) is 2.86. The number of benzene rings is 1. The Morgan fingerprint density at radius 1 is 1.12 bits per heavy atom. The standard InChI is InChI=1S/C19H25N3O4/c1-19(14-7-9-15(26-2)10-8-14)17(24)22(18(25)20-19)13-16(23)21-11-5-3-4-6-12-21/h7-10H,3-6,11-13H2,1-2H3,(H,20,25). The van der Waals surface area contributed by atoms with Crippen LogP contribution in [0, 0.1) is 0 Å². The molecule has 7 heteroatoms. The van der Waals surface area contributed by atoms with Crippen molar-refractivity contribution < 1.29 is 19.1 Å². The number of carbonyl (C=O) groups excluding carboxylic acids is 3. The third-order valence-electron chi connectivity index (χ3n) is 5.19. The second kappa shape index (κ2) is 7.35. The molecule has 2 saturated heterocycles. The smallest absolute Gasteiger partial charge is 0.325 e. The first-order chi connectivity index (χ1) is 12.5. The maximum atomic E-state index is 12.9. The monoisotopic (exact) mass is 359 g/mol. The average molecular weight is 359 g/mol. The van der Waals surface area contributed by atoms with Crippen LogP contribution < -0.4 is 10.1 Å². The Morgan fingerprint density at radius 2 is 1.73 bits per heavy atom. The Labute approximate surface area is 153 Å². The summed E-state index contributed by atoms with van der Waals surface area (Å²) in [6.45, 7) is 2.83. The first-order valence-corrected chi connectivity index (χ1v) is 9.02. The minimum absolute atomic E-state index is 0.172. The normalized spacial score (nSPS) is 23.6. The number of ether oxygens (including phenoxy) is 1. The zero-order valence-corrected chi connectivity index (χ0v) is 15.3. The van der Waals surface area contributed by atoms with Gasteiger partial charge in [0.15, 0.2) is 0 Å². The molecule has 0 spiro atoms. The Balaban J connectivity index is 1.74. The predicted molar refractivity (Wildman–Crippen MR) is 95.6 cm³/mol. The van der Waals surface area contributed by atoms with Crippen molar-refractivity contribution in [2.24, 2.45) is 0 Å². The second-order valence-corrected chi connectivity index (χ2v) is 6.97. The van der Waals surface area contributed by atoms with Crippen LogP contribution in [0.4, 0.5) is 4.79 Å². The fraction of sp³-hybridized carbons (Fsp3) is 0.526. The van der Waals surface area contributed by atoms with E-state index in [1.807, 2.05) is 0 Å².